The zero-order chi connectivity index (χ0) is 14.5. The van der Waals surface area contributed by atoms with Gasteiger partial charge in [0, 0.05) is 13.1 Å². The predicted molar refractivity (Wildman–Crippen MR) is 75.7 cm³/mol. The first-order chi connectivity index (χ1) is 9.40. The fourth-order valence-corrected chi connectivity index (χ4v) is 3.37. The normalized spacial score (nSPS) is 27.9. The molecule has 108 valence electrons. The average Bonchev–Trinajstić information content (AvgIpc) is 2.99. The summed E-state index contributed by atoms with van der Waals surface area (Å²) < 4.78 is 5.18. The Kier molecular flexibility index (Phi) is 2.83. The minimum Gasteiger partial charge on any atom is -0.497 e. The number of hydrogen-bond donors (Lipinski definition) is 1. The van der Waals surface area contributed by atoms with E-state index < -0.39 is 5.41 Å². The van der Waals surface area contributed by atoms with Gasteiger partial charge in [-0.15, -0.1) is 0 Å². The molecule has 1 aliphatic heterocycles. The second kappa shape index (κ2) is 4.22. The molecule has 1 aromatic rings. The Bertz CT molecular complexity index is 531. The van der Waals surface area contributed by atoms with Crippen LogP contribution in [0.5, 0.6) is 5.75 Å². The Morgan fingerprint density at radius 3 is 2.25 bits per heavy atom. The van der Waals surface area contributed by atoms with E-state index in [1.807, 2.05) is 24.3 Å². The van der Waals surface area contributed by atoms with Crippen molar-refractivity contribution in [1.29, 1.82) is 0 Å². The van der Waals surface area contributed by atoms with Crippen molar-refractivity contribution >= 4 is 5.91 Å². The molecule has 2 aliphatic rings. The smallest absolute Gasteiger partial charge is 0.233 e. The van der Waals surface area contributed by atoms with Crippen LogP contribution in [0.2, 0.25) is 0 Å². The van der Waals surface area contributed by atoms with Gasteiger partial charge in [-0.2, -0.15) is 0 Å². The predicted octanol–water partition coefficient (Wildman–Crippen LogP) is 1.57. The van der Waals surface area contributed by atoms with Gasteiger partial charge in [-0.1, -0.05) is 26.0 Å². The molecule has 0 bridgehead atoms. The van der Waals surface area contributed by atoms with Crippen LogP contribution >= 0.6 is 0 Å². The summed E-state index contributed by atoms with van der Waals surface area (Å²) in [6.07, 6.45) is 0.506. The number of β-amino-alcohol motifs (C(OH)–C–C–N with tert-alkyl or cyclic N) is 1. The molecule has 1 amide bonds. The van der Waals surface area contributed by atoms with Gasteiger partial charge in [0.2, 0.25) is 5.91 Å². The highest BCUT2D eigenvalue weighted by molar-refractivity contribution is 5.93. The summed E-state index contributed by atoms with van der Waals surface area (Å²) in [7, 11) is 1.64. The maximum Gasteiger partial charge on any atom is 0.233 e. The molecule has 20 heavy (non-hydrogen) atoms. The Hall–Kier alpha value is -1.55. The molecule has 0 spiro atoms. The lowest BCUT2D eigenvalue weighted by Crippen LogP contribution is -2.57. The number of amides is 1. The molecule has 0 unspecified atom stereocenters. The summed E-state index contributed by atoms with van der Waals surface area (Å²) in [4.78, 5) is 14.6. The standard InChI is InChI=1S/C16H21NO3/c1-15(2)10-16(15,14(19)17-8-12(18)9-17)11-4-6-13(20-3)7-5-11/h4-7,12,18H,8-10H2,1-3H3/t16-/m0/s1. The Labute approximate surface area is 119 Å². The van der Waals surface area contributed by atoms with E-state index in [9.17, 15) is 9.90 Å². The van der Waals surface area contributed by atoms with Gasteiger partial charge >= 0.3 is 0 Å². The number of aliphatic hydroxyl groups excluding tert-OH is 1. The van der Waals surface area contributed by atoms with Crippen molar-refractivity contribution in [2.75, 3.05) is 20.2 Å². The van der Waals surface area contributed by atoms with Crippen LogP contribution in [0.3, 0.4) is 0 Å². The van der Waals surface area contributed by atoms with Gasteiger partial charge < -0.3 is 14.7 Å². The Morgan fingerprint density at radius 1 is 1.30 bits per heavy atom. The highest BCUT2D eigenvalue weighted by Crippen LogP contribution is 2.65. The van der Waals surface area contributed by atoms with Crippen molar-refractivity contribution in [2.45, 2.75) is 31.8 Å². The van der Waals surface area contributed by atoms with E-state index in [4.69, 9.17) is 4.74 Å². The maximum absolute atomic E-state index is 12.8. The van der Waals surface area contributed by atoms with Crippen molar-refractivity contribution in [3.8, 4) is 5.75 Å². The topological polar surface area (TPSA) is 49.8 Å². The van der Waals surface area contributed by atoms with Gasteiger partial charge in [-0.3, -0.25) is 4.79 Å². The number of hydrogen-bond acceptors (Lipinski definition) is 3. The van der Waals surface area contributed by atoms with Gasteiger partial charge in [0.25, 0.3) is 0 Å². The quantitative estimate of drug-likeness (QED) is 0.911. The molecule has 1 aromatic carbocycles. The summed E-state index contributed by atoms with van der Waals surface area (Å²) >= 11 is 0. The summed E-state index contributed by atoms with van der Waals surface area (Å²) in [6.45, 7) is 5.19. The van der Waals surface area contributed by atoms with Crippen molar-refractivity contribution in [3.05, 3.63) is 29.8 Å². The minimum absolute atomic E-state index is 0.0286. The van der Waals surface area contributed by atoms with Crippen molar-refractivity contribution in [1.82, 2.24) is 4.90 Å². The molecule has 4 nitrogen and oxygen atoms in total. The van der Waals surface area contributed by atoms with Crippen LogP contribution in [0.25, 0.3) is 0 Å². The number of benzene rings is 1. The highest BCUT2D eigenvalue weighted by Gasteiger charge is 2.68. The second-order valence-electron chi connectivity index (χ2n) is 6.56. The average molecular weight is 275 g/mol. The number of aliphatic hydroxyl groups is 1. The largest absolute Gasteiger partial charge is 0.497 e. The number of carbonyl (C=O) groups excluding carboxylic acids is 1. The van der Waals surface area contributed by atoms with Crippen molar-refractivity contribution in [2.24, 2.45) is 5.41 Å². The molecule has 1 N–H and O–H groups in total. The number of nitrogens with zero attached hydrogens (tertiary/aromatic N) is 1. The van der Waals surface area contributed by atoms with Gasteiger partial charge in [-0.25, -0.2) is 0 Å². The Morgan fingerprint density at radius 2 is 1.85 bits per heavy atom. The number of likely N-dealkylation sites (tertiary alicyclic amines) is 1. The lowest BCUT2D eigenvalue weighted by Gasteiger charge is -2.39. The molecule has 1 atom stereocenters. The SMILES string of the molecule is COc1ccc([C@]2(C(=O)N3CC(O)C3)CC2(C)C)cc1. The summed E-state index contributed by atoms with van der Waals surface area (Å²) in [5, 5.41) is 9.41. The second-order valence-corrected chi connectivity index (χ2v) is 6.56. The summed E-state index contributed by atoms with van der Waals surface area (Å²) in [6, 6.07) is 7.79. The first kappa shape index (κ1) is 13.4. The molecular weight excluding hydrogens is 254 g/mol. The number of carbonyl (C=O) groups is 1. The Balaban J connectivity index is 1.90. The van der Waals surface area contributed by atoms with Gasteiger partial charge in [0.05, 0.1) is 18.6 Å². The third kappa shape index (κ3) is 1.74. The number of ether oxygens (including phenoxy) is 1. The fraction of sp³-hybridized carbons (Fsp3) is 0.562. The molecule has 1 heterocycles. The van der Waals surface area contributed by atoms with Crippen LogP contribution in [0.4, 0.5) is 0 Å². The molecule has 1 saturated carbocycles. The van der Waals surface area contributed by atoms with Crippen LogP contribution < -0.4 is 4.74 Å². The van der Waals surface area contributed by atoms with Crippen LogP contribution in [0.1, 0.15) is 25.8 Å². The fourth-order valence-electron chi connectivity index (χ4n) is 3.37. The molecule has 4 heteroatoms. The zero-order valence-electron chi connectivity index (χ0n) is 12.2. The molecule has 3 rings (SSSR count). The first-order valence-electron chi connectivity index (χ1n) is 7.03. The van der Waals surface area contributed by atoms with E-state index in [1.54, 1.807) is 12.0 Å². The van der Waals surface area contributed by atoms with Gasteiger partial charge in [0.15, 0.2) is 0 Å². The maximum atomic E-state index is 12.8. The van der Waals surface area contributed by atoms with E-state index >= 15 is 0 Å². The third-order valence-electron chi connectivity index (χ3n) is 4.83. The van der Waals surface area contributed by atoms with E-state index in [0.717, 1.165) is 17.7 Å². The van der Waals surface area contributed by atoms with E-state index in [-0.39, 0.29) is 17.4 Å². The third-order valence-corrected chi connectivity index (χ3v) is 4.83. The minimum atomic E-state index is -0.431. The van der Waals surface area contributed by atoms with E-state index in [0.29, 0.717) is 13.1 Å². The monoisotopic (exact) mass is 275 g/mol. The van der Waals surface area contributed by atoms with E-state index in [2.05, 4.69) is 13.8 Å². The van der Waals surface area contributed by atoms with Crippen LogP contribution in [0, 0.1) is 5.41 Å². The number of methoxy groups -OCH3 is 1. The first-order valence-corrected chi connectivity index (χ1v) is 7.03. The molecule has 0 radical (unpaired) electrons. The van der Waals surface area contributed by atoms with Crippen molar-refractivity contribution < 1.29 is 14.6 Å². The van der Waals surface area contributed by atoms with Gasteiger partial charge in [-0.05, 0) is 29.5 Å². The lowest BCUT2D eigenvalue weighted by atomic mass is 9.85. The molecule has 0 aromatic heterocycles. The van der Waals surface area contributed by atoms with E-state index in [1.165, 1.54) is 0 Å². The van der Waals surface area contributed by atoms with Gasteiger partial charge in [0.1, 0.15) is 5.75 Å². The zero-order valence-corrected chi connectivity index (χ0v) is 12.2. The number of rotatable bonds is 3. The molecule has 1 saturated heterocycles. The van der Waals surface area contributed by atoms with Crippen LogP contribution in [-0.2, 0) is 10.2 Å². The lowest BCUT2D eigenvalue weighted by molar-refractivity contribution is -0.145. The summed E-state index contributed by atoms with van der Waals surface area (Å²) in [5.41, 5.74) is 0.591. The van der Waals surface area contributed by atoms with Crippen molar-refractivity contribution in [3.63, 3.8) is 0 Å². The molecule has 2 fully saturated rings. The van der Waals surface area contributed by atoms with Crippen LogP contribution in [-0.4, -0.2) is 42.2 Å². The molecule has 1 aliphatic carbocycles. The van der Waals surface area contributed by atoms with Crippen LogP contribution in [0.15, 0.2) is 24.3 Å². The summed E-state index contributed by atoms with van der Waals surface area (Å²) in [5.74, 6) is 0.951. The molecular formula is C16H21NO3. The highest BCUT2D eigenvalue weighted by atomic mass is 16.5.